The van der Waals surface area contributed by atoms with E-state index >= 15 is 0 Å². The second kappa shape index (κ2) is 6.55. The number of carbonyl (C=O) groups is 3. The summed E-state index contributed by atoms with van der Waals surface area (Å²) < 4.78 is 18.2. The fourth-order valence-corrected chi connectivity index (χ4v) is 3.78. The van der Waals surface area contributed by atoms with Gasteiger partial charge in [0.05, 0.1) is 17.9 Å². The lowest BCUT2D eigenvalue weighted by atomic mass is 9.85. The molecule has 7 heteroatoms. The lowest BCUT2D eigenvalue weighted by Gasteiger charge is -2.43. The lowest BCUT2D eigenvalue weighted by Crippen LogP contribution is -2.63. The van der Waals surface area contributed by atoms with Crippen molar-refractivity contribution in [2.75, 3.05) is 19.7 Å². The van der Waals surface area contributed by atoms with Gasteiger partial charge in [-0.25, -0.2) is 4.39 Å². The van der Waals surface area contributed by atoms with Crippen molar-refractivity contribution in [2.24, 2.45) is 11.8 Å². The minimum absolute atomic E-state index is 0.107. The maximum atomic E-state index is 12.8. The maximum Gasteiger partial charge on any atom is 0.260 e. The molecule has 0 unspecified atom stereocenters. The van der Waals surface area contributed by atoms with Crippen LogP contribution in [0.5, 0.6) is 5.75 Å². The molecule has 0 N–H and O–H groups in total. The summed E-state index contributed by atoms with van der Waals surface area (Å²) in [7, 11) is 0. The van der Waals surface area contributed by atoms with Gasteiger partial charge in [-0.2, -0.15) is 0 Å². The first kappa shape index (κ1) is 16.8. The molecule has 6 nitrogen and oxygen atoms in total. The molecule has 1 aliphatic carbocycles. The van der Waals surface area contributed by atoms with Crippen LogP contribution in [0, 0.1) is 17.7 Å². The zero-order chi connectivity index (χ0) is 18.3. The summed E-state index contributed by atoms with van der Waals surface area (Å²) >= 11 is 0. The van der Waals surface area contributed by atoms with Crippen molar-refractivity contribution in [3.05, 3.63) is 42.2 Å². The van der Waals surface area contributed by atoms with Crippen molar-refractivity contribution in [1.82, 2.24) is 9.80 Å². The van der Waals surface area contributed by atoms with Crippen LogP contribution in [0.2, 0.25) is 0 Å². The van der Waals surface area contributed by atoms with Crippen molar-refractivity contribution in [2.45, 2.75) is 18.9 Å². The zero-order valence-corrected chi connectivity index (χ0v) is 14.1. The van der Waals surface area contributed by atoms with Gasteiger partial charge in [-0.1, -0.05) is 12.2 Å². The summed E-state index contributed by atoms with van der Waals surface area (Å²) in [6, 6.07) is 5.20. The number of ether oxygens (including phenoxy) is 1. The molecule has 0 radical (unpaired) electrons. The van der Waals surface area contributed by atoms with Gasteiger partial charge in [-0.3, -0.25) is 19.3 Å². The van der Waals surface area contributed by atoms with Crippen LogP contribution in [0.4, 0.5) is 4.39 Å². The second-order valence-electron chi connectivity index (χ2n) is 6.90. The van der Waals surface area contributed by atoms with E-state index in [9.17, 15) is 18.8 Å². The summed E-state index contributed by atoms with van der Waals surface area (Å²) in [5, 5.41) is 0. The standard InChI is InChI=1S/C19H19FN2O4/c20-12-5-7-14(8-6-12)26-11-17(23)21-9-13(10-21)22-18(24)15-3-1-2-4-16(15)19(22)25/h1-2,5-8,13,15-16H,3-4,9-11H2/t15-,16+. The number of amides is 3. The van der Waals surface area contributed by atoms with Crippen LogP contribution in [0.25, 0.3) is 0 Å². The molecule has 2 saturated heterocycles. The normalized spacial score (nSPS) is 25.3. The summed E-state index contributed by atoms with van der Waals surface area (Å²) in [5.74, 6) is -0.863. The van der Waals surface area contributed by atoms with E-state index in [1.165, 1.54) is 29.2 Å². The highest BCUT2D eigenvalue weighted by Crippen LogP contribution is 2.37. The number of allylic oxidation sites excluding steroid dienone is 2. The number of fused-ring (bicyclic) bond motifs is 1. The van der Waals surface area contributed by atoms with Gasteiger partial charge >= 0.3 is 0 Å². The van der Waals surface area contributed by atoms with Gasteiger partial charge in [-0.05, 0) is 37.1 Å². The average molecular weight is 358 g/mol. The quantitative estimate of drug-likeness (QED) is 0.602. The molecule has 2 aliphatic heterocycles. The Morgan fingerprint density at radius 3 is 2.19 bits per heavy atom. The van der Waals surface area contributed by atoms with Crippen LogP contribution in [0.1, 0.15) is 12.8 Å². The molecule has 1 aromatic rings. The van der Waals surface area contributed by atoms with E-state index in [-0.39, 0.29) is 48.0 Å². The number of halogens is 1. The molecule has 136 valence electrons. The molecule has 0 spiro atoms. The number of hydrogen-bond donors (Lipinski definition) is 0. The third kappa shape index (κ3) is 2.87. The summed E-state index contributed by atoms with van der Waals surface area (Å²) in [5.41, 5.74) is 0. The van der Waals surface area contributed by atoms with Crippen LogP contribution in [-0.4, -0.2) is 53.3 Å². The molecule has 0 aromatic heterocycles. The van der Waals surface area contributed by atoms with Crippen LogP contribution >= 0.6 is 0 Å². The fraction of sp³-hybridized carbons (Fsp3) is 0.421. The minimum Gasteiger partial charge on any atom is -0.484 e. The van der Waals surface area contributed by atoms with Crippen molar-refractivity contribution >= 4 is 17.7 Å². The number of rotatable bonds is 4. The second-order valence-corrected chi connectivity index (χ2v) is 6.90. The van der Waals surface area contributed by atoms with Gasteiger partial charge in [0.2, 0.25) is 11.8 Å². The van der Waals surface area contributed by atoms with E-state index in [1.54, 1.807) is 4.90 Å². The van der Waals surface area contributed by atoms with E-state index in [0.717, 1.165) is 0 Å². The average Bonchev–Trinajstić information content (AvgIpc) is 2.86. The number of nitrogens with zero attached hydrogens (tertiary/aromatic N) is 2. The first-order valence-electron chi connectivity index (χ1n) is 8.72. The van der Waals surface area contributed by atoms with E-state index in [0.29, 0.717) is 31.7 Å². The van der Waals surface area contributed by atoms with Crippen LogP contribution in [0.3, 0.4) is 0 Å². The Kier molecular flexibility index (Phi) is 4.22. The predicted octanol–water partition coefficient (Wildman–Crippen LogP) is 1.37. The molecule has 2 atom stereocenters. The predicted molar refractivity (Wildman–Crippen MR) is 89.5 cm³/mol. The SMILES string of the molecule is O=C(COc1ccc(F)cc1)N1CC(N2C(=O)[C@H]3CC=CC[C@H]3C2=O)C1. The Hall–Kier alpha value is -2.70. The molecule has 2 heterocycles. The lowest BCUT2D eigenvalue weighted by molar-refractivity contribution is -0.153. The van der Waals surface area contributed by atoms with E-state index in [2.05, 4.69) is 0 Å². The highest BCUT2D eigenvalue weighted by Gasteiger charge is 2.52. The largest absolute Gasteiger partial charge is 0.484 e. The first-order chi connectivity index (χ1) is 12.5. The van der Waals surface area contributed by atoms with E-state index < -0.39 is 0 Å². The van der Waals surface area contributed by atoms with Gasteiger partial charge in [0.25, 0.3) is 5.91 Å². The van der Waals surface area contributed by atoms with Gasteiger partial charge in [0.1, 0.15) is 11.6 Å². The summed E-state index contributed by atoms with van der Waals surface area (Å²) in [6.07, 6.45) is 5.15. The number of benzene rings is 1. The molecule has 3 aliphatic rings. The van der Waals surface area contributed by atoms with Crippen molar-refractivity contribution < 1.29 is 23.5 Å². The minimum atomic E-state index is -0.370. The molecular weight excluding hydrogens is 339 g/mol. The van der Waals surface area contributed by atoms with Gasteiger partial charge < -0.3 is 9.64 Å². The maximum absolute atomic E-state index is 12.8. The Morgan fingerprint density at radius 2 is 1.62 bits per heavy atom. The number of likely N-dealkylation sites (tertiary alicyclic amines) is 2. The Morgan fingerprint density at radius 1 is 1.04 bits per heavy atom. The molecule has 4 rings (SSSR count). The molecular formula is C19H19FN2O4. The molecule has 1 aromatic carbocycles. The van der Waals surface area contributed by atoms with Gasteiger partial charge in [0.15, 0.2) is 6.61 Å². The smallest absolute Gasteiger partial charge is 0.260 e. The Balaban J connectivity index is 1.29. The third-order valence-corrected chi connectivity index (χ3v) is 5.30. The van der Waals surface area contributed by atoms with Crippen molar-refractivity contribution in [3.63, 3.8) is 0 Å². The van der Waals surface area contributed by atoms with Crippen LogP contribution in [-0.2, 0) is 14.4 Å². The monoisotopic (exact) mass is 358 g/mol. The van der Waals surface area contributed by atoms with Crippen LogP contribution in [0.15, 0.2) is 36.4 Å². The van der Waals surface area contributed by atoms with Gasteiger partial charge in [0, 0.05) is 13.1 Å². The Labute approximate surface area is 150 Å². The fourth-order valence-electron chi connectivity index (χ4n) is 3.78. The van der Waals surface area contributed by atoms with Crippen molar-refractivity contribution in [1.29, 1.82) is 0 Å². The number of imide groups is 1. The molecule has 26 heavy (non-hydrogen) atoms. The third-order valence-electron chi connectivity index (χ3n) is 5.30. The molecule has 0 bridgehead atoms. The topological polar surface area (TPSA) is 66.9 Å². The molecule has 3 amide bonds. The zero-order valence-electron chi connectivity index (χ0n) is 14.1. The number of carbonyl (C=O) groups excluding carboxylic acids is 3. The highest BCUT2D eigenvalue weighted by molar-refractivity contribution is 6.06. The van der Waals surface area contributed by atoms with Crippen molar-refractivity contribution in [3.8, 4) is 5.75 Å². The summed E-state index contributed by atoms with van der Waals surface area (Å²) in [4.78, 5) is 40.1. The Bertz CT molecular complexity index is 744. The van der Waals surface area contributed by atoms with Gasteiger partial charge in [-0.15, -0.1) is 0 Å². The molecule has 0 saturated carbocycles. The summed E-state index contributed by atoms with van der Waals surface area (Å²) in [6.45, 7) is 0.529. The molecule has 2 fully saturated rings. The van der Waals surface area contributed by atoms with E-state index in [4.69, 9.17) is 4.74 Å². The van der Waals surface area contributed by atoms with Crippen LogP contribution < -0.4 is 4.74 Å². The first-order valence-corrected chi connectivity index (χ1v) is 8.72. The highest BCUT2D eigenvalue weighted by atomic mass is 19.1. The van der Waals surface area contributed by atoms with E-state index in [1.807, 2.05) is 12.2 Å². The number of hydrogen-bond acceptors (Lipinski definition) is 4.